The van der Waals surface area contributed by atoms with Crippen LogP contribution in [0.1, 0.15) is 12.5 Å². The molecule has 1 amide bonds. The first-order chi connectivity index (χ1) is 16.6. The van der Waals surface area contributed by atoms with Gasteiger partial charge in [-0.05, 0) is 32.0 Å². The van der Waals surface area contributed by atoms with Crippen molar-refractivity contribution in [1.82, 2.24) is 24.9 Å². The van der Waals surface area contributed by atoms with E-state index in [1.807, 2.05) is 42.7 Å². The zero-order chi connectivity index (χ0) is 23.5. The number of benzene rings is 2. The Labute approximate surface area is 199 Å². The highest BCUT2D eigenvalue weighted by Gasteiger charge is 2.20. The Balaban J connectivity index is 1.26. The molecule has 0 saturated carbocycles. The fourth-order valence-electron chi connectivity index (χ4n) is 3.50. The molecule has 0 radical (unpaired) electrons. The maximum atomic E-state index is 12.5. The Morgan fingerprint density at radius 1 is 1.12 bits per heavy atom. The summed E-state index contributed by atoms with van der Waals surface area (Å²) in [5.74, 6) is 2.50. The lowest BCUT2D eigenvalue weighted by Gasteiger charge is -2.19. The minimum atomic E-state index is -0.173. The van der Waals surface area contributed by atoms with E-state index in [2.05, 4.69) is 25.7 Å². The molecule has 174 valence electrons. The van der Waals surface area contributed by atoms with Gasteiger partial charge in [-0.15, -0.1) is 10.2 Å². The summed E-state index contributed by atoms with van der Waals surface area (Å²) < 4.78 is 18.4. The van der Waals surface area contributed by atoms with Crippen LogP contribution >= 0.6 is 11.8 Å². The van der Waals surface area contributed by atoms with Gasteiger partial charge in [0.2, 0.25) is 17.6 Å². The van der Waals surface area contributed by atoms with Crippen molar-refractivity contribution in [3.63, 3.8) is 0 Å². The number of anilines is 1. The van der Waals surface area contributed by atoms with Gasteiger partial charge in [-0.3, -0.25) is 9.36 Å². The van der Waals surface area contributed by atoms with Crippen LogP contribution in [0.3, 0.4) is 0 Å². The van der Waals surface area contributed by atoms with Crippen molar-refractivity contribution >= 4 is 23.4 Å². The number of aryl methyl sites for hydroxylation is 1. The molecule has 1 aliphatic heterocycles. The second-order valence-electron chi connectivity index (χ2n) is 7.54. The first kappa shape index (κ1) is 22.0. The fraction of sp³-hybridized carbons (Fsp3) is 0.261. The van der Waals surface area contributed by atoms with E-state index in [9.17, 15) is 4.79 Å². The number of nitrogens with one attached hydrogen (secondary N) is 1. The van der Waals surface area contributed by atoms with Crippen LogP contribution in [0.25, 0.3) is 23.1 Å². The zero-order valence-corrected chi connectivity index (χ0v) is 19.5. The van der Waals surface area contributed by atoms with Gasteiger partial charge >= 0.3 is 0 Å². The van der Waals surface area contributed by atoms with E-state index in [1.165, 1.54) is 11.8 Å². The highest BCUT2D eigenvalue weighted by atomic mass is 32.2. The normalized spacial score (nSPS) is 12.5. The molecule has 10 nitrogen and oxygen atoms in total. The second kappa shape index (κ2) is 9.56. The van der Waals surface area contributed by atoms with Gasteiger partial charge in [0.25, 0.3) is 5.89 Å². The molecule has 2 aromatic heterocycles. The Bertz CT molecular complexity index is 1330. The molecule has 0 fully saturated rings. The lowest BCUT2D eigenvalue weighted by molar-refractivity contribution is -0.113. The molecule has 0 unspecified atom stereocenters. The molecule has 0 saturated heterocycles. The summed E-state index contributed by atoms with van der Waals surface area (Å²) in [7, 11) is 0. The highest BCUT2D eigenvalue weighted by Crippen LogP contribution is 2.33. The Kier molecular flexibility index (Phi) is 6.17. The van der Waals surface area contributed by atoms with Gasteiger partial charge < -0.3 is 19.3 Å². The molecule has 0 bridgehead atoms. The van der Waals surface area contributed by atoms with E-state index in [1.54, 1.807) is 18.2 Å². The first-order valence-electron chi connectivity index (χ1n) is 10.8. The predicted molar refractivity (Wildman–Crippen MR) is 126 cm³/mol. The maximum Gasteiger partial charge on any atom is 0.296 e. The first-order valence-corrected chi connectivity index (χ1v) is 11.8. The van der Waals surface area contributed by atoms with Crippen LogP contribution in [0.4, 0.5) is 5.69 Å². The van der Waals surface area contributed by atoms with Crippen LogP contribution in [0.5, 0.6) is 11.5 Å². The van der Waals surface area contributed by atoms with Crippen LogP contribution in [0.2, 0.25) is 0 Å². The van der Waals surface area contributed by atoms with Crippen LogP contribution in [-0.4, -0.2) is 49.8 Å². The number of hydrogen-bond acceptors (Lipinski definition) is 9. The molecular formula is C23H22N6O4S. The topological polar surface area (TPSA) is 117 Å². The summed E-state index contributed by atoms with van der Waals surface area (Å²) in [5.41, 5.74) is 2.61. The summed E-state index contributed by atoms with van der Waals surface area (Å²) in [6, 6.07) is 13.2. The van der Waals surface area contributed by atoms with E-state index in [4.69, 9.17) is 14.0 Å². The van der Waals surface area contributed by atoms with Gasteiger partial charge in [-0.25, -0.2) is 0 Å². The predicted octanol–water partition coefficient (Wildman–Crippen LogP) is 3.83. The number of ether oxygens (including phenoxy) is 2. The average molecular weight is 479 g/mol. The number of carbonyl (C=O) groups is 1. The molecule has 34 heavy (non-hydrogen) atoms. The number of rotatable bonds is 7. The fourth-order valence-corrected chi connectivity index (χ4v) is 4.31. The van der Waals surface area contributed by atoms with Crippen molar-refractivity contribution in [3.05, 3.63) is 48.0 Å². The summed E-state index contributed by atoms with van der Waals surface area (Å²) >= 11 is 1.28. The Morgan fingerprint density at radius 3 is 2.79 bits per heavy atom. The third kappa shape index (κ3) is 4.60. The highest BCUT2D eigenvalue weighted by molar-refractivity contribution is 7.99. The molecule has 2 aromatic carbocycles. The average Bonchev–Trinajstić information content (AvgIpc) is 3.49. The summed E-state index contributed by atoms with van der Waals surface area (Å²) in [4.78, 5) is 17.0. The number of nitrogens with zero attached hydrogens (tertiary/aromatic N) is 5. The molecule has 0 spiro atoms. The summed E-state index contributed by atoms with van der Waals surface area (Å²) in [6.07, 6.45) is 0. The molecule has 5 rings (SSSR count). The lowest BCUT2D eigenvalue weighted by Crippen LogP contribution is -2.17. The molecule has 1 aliphatic rings. The lowest BCUT2D eigenvalue weighted by atomic mass is 10.1. The van der Waals surface area contributed by atoms with Crippen LogP contribution in [0.15, 0.2) is 52.1 Å². The number of amides is 1. The van der Waals surface area contributed by atoms with E-state index in [0.29, 0.717) is 53.8 Å². The quantitative estimate of drug-likeness (QED) is 0.396. The van der Waals surface area contributed by atoms with Crippen molar-refractivity contribution in [3.8, 4) is 34.6 Å². The number of fused-ring (bicyclic) bond motifs is 1. The molecule has 1 N–H and O–H groups in total. The zero-order valence-electron chi connectivity index (χ0n) is 18.6. The van der Waals surface area contributed by atoms with Crippen LogP contribution in [0, 0.1) is 6.92 Å². The minimum absolute atomic E-state index is 0.158. The van der Waals surface area contributed by atoms with Gasteiger partial charge in [0.15, 0.2) is 16.7 Å². The standard InChI is InChI=1S/C23H22N6O4S/c1-3-29-21(22-25-20(28-33-22)15-6-4-5-14(2)11-15)26-27-23(29)34-13-19(30)24-16-7-8-17-18(12-16)32-10-9-31-17/h4-8,11-12H,3,9-10,13H2,1-2H3,(H,24,30). The molecule has 0 atom stereocenters. The SMILES string of the molecule is CCn1c(SCC(=O)Nc2ccc3c(c2)OCCO3)nnc1-c1nc(-c2cccc(C)c2)no1. The largest absolute Gasteiger partial charge is 0.486 e. The van der Waals surface area contributed by atoms with Gasteiger partial charge in [-0.2, -0.15) is 4.98 Å². The van der Waals surface area contributed by atoms with Gasteiger partial charge in [-0.1, -0.05) is 40.7 Å². The molecular weight excluding hydrogens is 456 g/mol. The number of carbonyl (C=O) groups excluding carboxylic acids is 1. The molecule has 4 aromatic rings. The van der Waals surface area contributed by atoms with E-state index in [0.717, 1.165) is 11.1 Å². The molecule has 3 heterocycles. The van der Waals surface area contributed by atoms with E-state index < -0.39 is 0 Å². The monoisotopic (exact) mass is 478 g/mol. The number of thioether (sulfide) groups is 1. The van der Waals surface area contributed by atoms with Gasteiger partial charge in [0.05, 0.1) is 5.75 Å². The Hall–Kier alpha value is -3.86. The van der Waals surface area contributed by atoms with Crippen molar-refractivity contribution < 1.29 is 18.8 Å². The van der Waals surface area contributed by atoms with E-state index >= 15 is 0 Å². The maximum absolute atomic E-state index is 12.5. The van der Waals surface area contributed by atoms with Crippen LogP contribution < -0.4 is 14.8 Å². The third-order valence-corrected chi connectivity index (χ3v) is 6.05. The number of aromatic nitrogens is 5. The summed E-state index contributed by atoms with van der Waals surface area (Å²) in [5, 5.41) is 16.0. The van der Waals surface area contributed by atoms with Gasteiger partial charge in [0, 0.05) is 23.9 Å². The summed E-state index contributed by atoms with van der Waals surface area (Å²) in [6.45, 7) is 5.56. The molecule has 11 heteroatoms. The molecule has 0 aliphatic carbocycles. The van der Waals surface area contributed by atoms with Gasteiger partial charge in [0.1, 0.15) is 13.2 Å². The minimum Gasteiger partial charge on any atom is -0.486 e. The van der Waals surface area contributed by atoms with Crippen molar-refractivity contribution in [2.75, 3.05) is 24.3 Å². The van der Waals surface area contributed by atoms with E-state index in [-0.39, 0.29) is 17.6 Å². The Morgan fingerprint density at radius 2 is 1.97 bits per heavy atom. The van der Waals surface area contributed by atoms with Crippen molar-refractivity contribution in [1.29, 1.82) is 0 Å². The van der Waals surface area contributed by atoms with Crippen LogP contribution in [-0.2, 0) is 11.3 Å². The second-order valence-corrected chi connectivity index (χ2v) is 8.48. The van der Waals surface area contributed by atoms with Crippen molar-refractivity contribution in [2.24, 2.45) is 0 Å². The smallest absolute Gasteiger partial charge is 0.296 e. The van der Waals surface area contributed by atoms with Crippen molar-refractivity contribution in [2.45, 2.75) is 25.5 Å². The number of hydrogen-bond donors (Lipinski definition) is 1. The third-order valence-electron chi connectivity index (χ3n) is 5.08.